The maximum Gasteiger partial charge on any atom is 0.201 e. The standard InChI is InChI=1S/C17H17N3O2S/c1-14-7-8-17(18-11-14)23(21,22)13-16-9-10-20(19-16)12-15-5-3-2-4-6-15/h2-11H,12-13H2,1H3. The highest BCUT2D eigenvalue weighted by Gasteiger charge is 2.18. The summed E-state index contributed by atoms with van der Waals surface area (Å²) in [5.74, 6) is -0.148. The van der Waals surface area contributed by atoms with Gasteiger partial charge in [-0.2, -0.15) is 5.10 Å². The zero-order valence-electron chi connectivity index (χ0n) is 12.8. The van der Waals surface area contributed by atoms with Gasteiger partial charge in [-0.05, 0) is 30.2 Å². The van der Waals surface area contributed by atoms with E-state index >= 15 is 0 Å². The fraction of sp³-hybridized carbons (Fsp3) is 0.176. The molecule has 23 heavy (non-hydrogen) atoms. The molecule has 118 valence electrons. The van der Waals surface area contributed by atoms with Crippen molar-refractivity contribution < 1.29 is 8.42 Å². The lowest BCUT2D eigenvalue weighted by atomic mass is 10.2. The molecule has 3 aromatic rings. The van der Waals surface area contributed by atoms with E-state index in [1.54, 1.807) is 29.2 Å². The van der Waals surface area contributed by atoms with Gasteiger partial charge < -0.3 is 0 Å². The van der Waals surface area contributed by atoms with Crippen LogP contribution in [0.1, 0.15) is 16.8 Å². The number of hydrogen-bond donors (Lipinski definition) is 0. The SMILES string of the molecule is Cc1ccc(S(=O)(=O)Cc2ccn(Cc3ccccc3)n2)nc1. The predicted octanol–water partition coefficient (Wildman–Crippen LogP) is 2.61. The van der Waals surface area contributed by atoms with Gasteiger partial charge in [0.25, 0.3) is 0 Å². The number of aromatic nitrogens is 3. The van der Waals surface area contributed by atoms with Crippen molar-refractivity contribution in [2.45, 2.75) is 24.2 Å². The van der Waals surface area contributed by atoms with E-state index < -0.39 is 9.84 Å². The molecule has 5 nitrogen and oxygen atoms in total. The molecule has 1 aromatic carbocycles. The van der Waals surface area contributed by atoms with Gasteiger partial charge in [0, 0.05) is 12.4 Å². The molecule has 0 atom stereocenters. The largest absolute Gasteiger partial charge is 0.268 e. The molecular weight excluding hydrogens is 310 g/mol. The smallest absolute Gasteiger partial charge is 0.201 e. The molecule has 0 saturated heterocycles. The Hall–Kier alpha value is -2.47. The molecule has 0 aliphatic rings. The number of pyridine rings is 1. The van der Waals surface area contributed by atoms with Gasteiger partial charge in [0.05, 0.1) is 12.2 Å². The van der Waals surface area contributed by atoms with Crippen LogP contribution < -0.4 is 0 Å². The van der Waals surface area contributed by atoms with Crippen LogP contribution in [-0.2, 0) is 22.1 Å². The second kappa shape index (κ2) is 6.34. The average molecular weight is 327 g/mol. The quantitative estimate of drug-likeness (QED) is 0.722. The number of rotatable bonds is 5. The van der Waals surface area contributed by atoms with Gasteiger partial charge in [-0.25, -0.2) is 13.4 Å². The van der Waals surface area contributed by atoms with Crippen molar-refractivity contribution in [2.75, 3.05) is 0 Å². The first-order valence-corrected chi connectivity index (χ1v) is 8.90. The molecule has 0 spiro atoms. The van der Waals surface area contributed by atoms with Crippen molar-refractivity contribution in [2.24, 2.45) is 0 Å². The molecule has 0 amide bonds. The number of hydrogen-bond acceptors (Lipinski definition) is 4. The number of benzene rings is 1. The summed E-state index contributed by atoms with van der Waals surface area (Å²) >= 11 is 0. The van der Waals surface area contributed by atoms with Crippen LogP contribution >= 0.6 is 0 Å². The van der Waals surface area contributed by atoms with E-state index in [1.807, 2.05) is 37.3 Å². The first-order valence-electron chi connectivity index (χ1n) is 7.25. The van der Waals surface area contributed by atoms with Crippen LogP contribution in [0.4, 0.5) is 0 Å². The minimum Gasteiger partial charge on any atom is -0.268 e. The van der Waals surface area contributed by atoms with Crippen LogP contribution in [0.2, 0.25) is 0 Å². The van der Waals surface area contributed by atoms with Crippen LogP contribution in [0, 0.1) is 6.92 Å². The van der Waals surface area contributed by atoms with Crippen LogP contribution in [0.25, 0.3) is 0 Å². The van der Waals surface area contributed by atoms with Gasteiger partial charge in [0.1, 0.15) is 5.75 Å². The summed E-state index contributed by atoms with van der Waals surface area (Å²) in [6.45, 7) is 2.48. The Balaban J connectivity index is 1.74. The summed E-state index contributed by atoms with van der Waals surface area (Å²) < 4.78 is 26.5. The number of sulfone groups is 1. The van der Waals surface area contributed by atoms with Crippen molar-refractivity contribution in [1.29, 1.82) is 0 Å². The molecule has 0 aliphatic carbocycles. The van der Waals surface area contributed by atoms with E-state index in [0.29, 0.717) is 12.2 Å². The Morgan fingerprint density at radius 2 is 1.83 bits per heavy atom. The summed E-state index contributed by atoms with van der Waals surface area (Å²) in [7, 11) is -3.48. The second-order valence-corrected chi connectivity index (χ2v) is 7.36. The van der Waals surface area contributed by atoms with Gasteiger partial charge in [-0.15, -0.1) is 0 Å². The van der Waals surface area contributed by atoms with Crippen LogP contribution in [-0.4, -0.2) is 23.2 Å². The Morgan fingerprint density at radius 3 is 2.52 bits per heavy atom. The minimum atomic E-state index is -3.48. The second-order valence-electron chi connectivity index (χ2n) is 5.42. The molecule has 2 aromatic heterocycles. The Kier molecular flexibility index (Phi) is 4.25. The molecular formula is C17H17N3O2S. The lowest BCUT2D eigenvalue weighted by Crippen LogP contribution is -2.08. The van der Waals surface area contributed by atoms with E-state index in [0.717, 1.165) is 11.1 Å². The fourth-order valence-corrected chi connectivity index (χ4v) is 3.43. The molecule has 3 rings (SSSR count). The van der Waals surface area contributed by atoms with Gasteiger partial charge >= 0.3 is 0 Å². The van der Waals surface area contributed by atoms with Crippen molar-refractivity contribution in [3.05, 3.63) is 77.7 Å². The molecule has 0 radical (unpaired) electrons. The summed E-state index contributed by atoms with van der Waals surface area (Å²) in [5.41, 5.74) is 2.56. The maximum absolute atomic E-state index is 12.4. The lowest BCUT2D eigenvalue weighted by molar-refractivity contribution is 0.589. The molecule has 0 bridgehead atoms. The van der Waals surface area contributed by atoms with Crippen molar-refractivity contribution in [3.8, 4) is 0 Å². The zero-order chi connectivity index (χ0) is 16.3. The first-order chi connectivity index (χ1) is 11.0. The predicted molar refractivity (Wildman–Crippen MR) is 87.6 cm³/mol. The molecule has 2 heterocycles. The Labute approximate surface area is 135 Å². The third kappa shape index (κ3) is 3.84. The Bertz CT molecular complexity index is 885. The number of aryl methyl sites for hydroxylation is 1. The lowest BCUT2D eigenvalue weighted by Gasteiger charge is -2.03. The monoisotopic (exact) mass is 327 g/mol. The Morgan fingerprint density at radius 1 is 1.04 bits per heavy atom. The van der Waals surface area contributed by atoms with E-state index in [4.69, 9.17) is 0 Å². The first kappa shape index (κ1) is 15.4. The van der Waals surface area contributed by atoms with Crippen LogP contribution in [0.3, 0.4) is 0 Å². The molecule has 6 heteroatoms. The maximum atomic E-state index is 12.4. The highest BCUT2D eigenvalue weighted by molar-refractivity contribution is 7.90. The minimum absolute atomic E-state index is 0.0840. The third-order valence-electron chi connectivity index (χ3n) is 3.42. The van der Waals surface area contributed by atoms with Gasteiger partial charge in [0.2, 0.25) is 9.84 Å². The van der Waals surface area contributed by atoms with E-state index in [1.165, 1.54) is 6.07 Å². The highest BCUT2D eigenvalue weighted by atomic mass is 32.2. The van der Waals surface area contributed by atoms with Gasteiger partial charge in [0.15, 0.2) is 5.03 Å². The normalized spacial score (nSPS) is 11.5. The molecule has 0 N–H and O–H groups in total. The van der Waals surface area contributed by atoms with Crippen LogP contribution in [0.15, 0.2) is 66.0 Å². The topological polar surface area (TPSA) is 64.8 Å². The summed E-state index contributed by atoms with van der Waals surface area (Å²) in [4.78, 5) is 4.00. The summed E-state index contributed by atoms with van der Waals surface area (Å²) in [5, 5.41) is 4.43. The summed E-state index contributed by atoms with van der Waals surface area (Å²) in [6, 6.07) is 14.9. The van der Waals surface area contributed by atoms with Crippen molar-refractivity contribution >= 4 is 9.84 Å². The summed E-state index contributed by atoms with van der Waals surface area (Å²) in [6.07, 6.45) is 3.35. The fourth-order valence-electron chi connectivity index (χ4n) is 2.25. The highest BCUT2D eigenvalue weighted by Crippen LogP contribution is 2.14. The third-order valence-corrected chi connectivity index (χ3v) is 4.98. The van der Waals surface area contributed by atoms with Crippen molar-refractivity contribution in [3.63, 3.8) is 0 Å². The van der Waals surface area contributed by atoms with Gasteiger partial charge in [-0.1, -0.05) is 36.4 Å². The van der Waals surface area contributed by atoms with E-state index in [9.17, 15) is 8.42 Å². The number of nitrogens with zero attached hydrogens (tertiary/aromatic N) is 3. The van der Waals surface area contributed by atoms with Crippen molar-refractivity contribution in [1.82, 2.24) is 14.8 Å². The van der Waals surface area contributed by atoms with E-state index in [-0.39, 0.29) is 10.8 Å². The molecule has 0 aliphatic heterocycles. The van der Waals surface area contributed by atoms with E-state index in [2.05, 4.69) is 10.1 Å². The molecule has 0 fully saturated rings. The van der Waals surface area contributed by atoms with Crippen LogP contribution in [0.5, 0.6) is 0 Å². The molecule has 0 saturated carbocycles. The van der Waals surface area contributed by atoms with Gasteiger partial charge in [-0.3, -0.25) is 4.68 Å². The average Bonchev–Trinajstić information content (AvgIpc) is 2.95. The molecule has 0 unspecified atom stereocenters. The zero-order valence-corrected chi connectivity index (χ0v) is 13.6.